The number of hydrogen-bond acceptors (Lipinski definition) is 4. The molecule has 0 bridgehead atoms. The zero-order chi connectivity index (χ0) is 14.7. The summed E-state index contributed by atoms with van der Waals surface area (Å²) in [6.45, 7) is 0.883. The topological polar surface area (TPSA) is 66.9 Å². The van der Waals surface area contributed by atoms with Crippen molar-refractivity contribution in [3.63, 3.8) is 0 Å². The Labute approximate surface area is 123 Å². The number of amides is 1. The summed E-state index contributed by atoms with van der Waals surface area (Å²) in [6.07, 6.45) is 1.21. The highest BCUT2D eigenvalue weighted by atomic mass is 16.1. The molecule has 2 atom stereocenters. The van der Waals surface area contributed by atoms with E-state index >= 15 is 0 Å². The Kier molecular flexibility index (Phi) is 3.81. The van der Waals surface area contributed by atoms with E-state index in [0.29, 0.717) is 23.3 Å². The molecule has 0 saturated heterocycles. The molecule has 2 N–H and O–H groups in total. The Balaban J connectivity index is 1.52. The smallest absolute Gasteiger partial charge is 0.271 e. The maximum atomic E-state index is 11.4. The van der Waals surface area contributed by atoms with Gasteiger partial charge >= 0.3 is 0 Å². The Hall–Kier alpha value is -2.43. The molecule has 1 aliphatic carbocycles. The Bertz CT molecular complexity index is 612. The van der Waals surface area contributed by atoms with E-state index in [-0.39, 0.29) is 5.91 Å². The average Bonchev–Trinajstić information content (AvgIpc) is 3.33. The third-order valence-corrected chi connectivity index (χ3v) is 3.82. The molecule has 0 spiro atoms. The highest BCUT2D eigenvalue weighted by Gasteiger charge is 2.37. The molecule has 2 aromatic rings. The van der Waals surface area contributed by atoms with Crippen molar-refractivity contribution < 1.29 is 4.79 Å². The molecule has 1 aromatic carbocycles. The summed E-state index contributed by atoms with van der Waals surface area (Å²) in [5.41, 5.74) is 1.74. The number of rotatable bonds is 5. The van der Waals surface area contributed by atoms with Crippen LogP contribution in [0.5, 0.6) is 0 Å². The molecule has 1 fully saturated rings. The molecule has 1 heterocycles. The third-order valence-electron chi connectivity index (χ3n) is 3.82. The van der Waals surface area contributed by atoms with Gasteiger partial charge in [0.05, 0.1) is 0 Å². The molecule has 2 unspecified atom stereocenters. The molecule has 5 nitrogen and oxygen atoms in total. The van der Waals surface area contributed by atoms with E-state index in [9.17, 15) is 4.79 Å². The summed E-state index contributed by atoms with van der Waals surface area (Å²) < 4.78 is 0. The summed E-state index contributed by atoms with van der Waals surface area (Å²) in [7, 11) is 1.58. The van der Waals surface area contributed by atoms with Crippen molar-refractivity contribution in [1.29, 1.82) is 0 Å². The lowest BCUT2D eigenvalue weighted by Gasteiger charge is -2.05. The van der Waals surface area contributed by atoms with Crippen LogP contribution in [0, 0.1) is 5.92 Å². The minimum absolute atomic E-state index is 0.222. The van der Waals surface area contributed by atoms with Gasteiger partial charge < -0.3 is 10.6 Å². The largest absolute Gasteiger partial charge is 0.368 e. The second kappa shape index (κ2) is 5.91. The SMILES string of the molecule is CNC(=O)c1ccc(NCC2CC2c2ccccc2)nn1. The van der Waals surface area contributed by atoms with Crippen molar-refractivity contribution >= 4 is 11.7 Å². The van der Waals surface area contributed by atoms with E-state index in [1.54, 1.807) is 19.2 Å². The number of hydrogen-bond donors (Lipinski definition) is 2. The Morgan fingerprint density at radius 3 is 2.67 bits per heavy atom. The molecule has 1 aromatic heterocycles. The van der Waals surface area contributed by atoms with Crippen molar-refractivity contribution in [2.24, 2.45) is 5.92 Å². The number of carbonyl (C=O) groups is 1. The van der Waals surface area contributed by atoms with Gasteiger partial charge in [0.15, 0.2) is 5.69 Å². The molecule has 108 valence electrons. The van der Waals surface area contributed by atoms with Gasteiger partial charge in [0.1, 0.15) is 5.82 Å². The summed E-state index contributed by atoms with van der Waals surface area (Å²) in [5.74, 6) is 1.78. The van der Waals surface area contributed by atoms with Crippen molar-refractivity contribution in [2.75, 3.05) is 18.9 Å². The lowest BCUT2D eigenvalue weighted by atomic mass is 10.1. The number of benzene rings is 1. The predicted molar refractivity (Wildman–Crippen MR) is 81.2 cm³/mol. The molecule has 1 saturated carbocycles. The van der Waals surface area contributed by atoms with Gasteiger partial charge in [-0.25, -0.2) is 0 Å². The fraction of sp³-hybridized carbons (Fsp3) is 0.312. The maximum Gasteiger partial charge on any atom is 0.271 e. The molecule has 3 rings (SSSR count). The third kappa shape index (κ3) is 3.18. The van der Waals surface area contributed by atoms with Crippen LogP contribution < -0.4 is 10.6 Å². The van der Waals surface area contributed by atoms with E-state index in [2.05, 4.69) is 45.1 Å². The van der Waals surface area contributed by atoms with E-state index < -0.39 is 0 Å². The molecule has 21 heavy (non-hydrogen) atoms. The first-order chi connectivity index (χ1) is 10.3. The van der Waals surface area contributed by atoms with Crippen molar-refractivity contribution in [2.45, 2.75) is 12.3 Å². The quantitative estimate of drug-likeness (QED) is 0.881. The minimum atomic E-state index is -0.222. The summed E-state index contributed by atoms with van der Waals surface area (Å²) in [5, 5.41) is 13.7. The highest BCUT2D eigenvalue weighted by molar-refractivity contribution is 5.91. The molecular weight excluding hydrogens is 264 g/mol. The van der Waals surface area contributed by atoms with Crippen molar-refractivity contribution in [3.05, 3.63) is 53.7 Å². The van der Waals surface area contributed by atoms with Crippen LogP contribution in [0.3, 0.4) is 0 Å². The van der Waals surface area contributed by atoms with E-state index in [0.717, 1.165) is 6.54 Å². The zero-order valence-electron chi connectivity index (χ0n) is 11.9. The minimum Gasteiger partial charge on any atom is -0.368 e. The van der Waals surface area contributed by atoms with Gasteiger partial charge in [-0.15, -0.1) is 10.2 Å². The van der Waals surface area contributed by atoms with Crippen LogP contribution >= 0.6 is 0 Å². The standard InChI is InChI=1S/C16H18N4O/c1-17-16(21)14-7-8-15(20-19-14)18-10-12-9-13(12)11-5-3-2-4-6-11/h2-8,12-13H,9-10H2,1H3,(H,17,21)(H,18,20). The van der Waals surface area contributed by atoms with E-state index in [1.807, 2.05) is 6.07 Å². The second-order valence-corrected chi connectivity index (χ2v) is 5.28. The van der Waals surface area contributed by atoms with E-state index in [4.69, 9.17) is 0 Å². The van der Waals surface area contributed by atoms with Crippen LogP contribution in [0.15, 0.2) is 42.5 Å². The Morgan fingerprint density at radius 1 is 1.19 bits per heavy atom. The summed E-state index contributed by atoms with van der Waals surface area (Å²) >= 11 is 0. The highest BCUT2D eigenvalue weighted by Crippen LogP contribution is 2.47. The second-order valence-electron chi connectivity index (χ2n) is 5.28. The first-order valence-corrected chi connectivity index (χ1v) is 7.12. The number of nitrogens with one attached hydrogen (secondary N) is 2. The molecule has 0 aliphatic heterocycles. The van der Waals surface area contributed by atoms with Gasteiger partial charge in [-0.1, -0.05) is 30.3 Å². The molecule has 5 heteroatoms. The van der Waals surface area contributed by atoms with Gasteiger partial charge in [0.25, 0.3) is 5.91 Å². The first-order valence-electron chi connectivity index (χ1n) is 7.12. The van der Waals surface area contributed by atoms with Gasteiger partial charge in [-0.2, -0.15) is 0 Å². The van der Waals surface area contributed by atoms with Gasteiger partial charge in [-0.05, 0) is 36.0 Å². The van der Waals surface area contributed by atoms with Crippen LogP contribution in [-0.4, -0.2) is 29.7 Å². The van der Waals surface area contributed by atoms with Crippen LogP contribution in [0.25, 0.3) is 0 Å². The van der Waals surface area contributed by atoms with Crippen LogP contribution in [0.4, 0.5) is 5.82 Å². The van der Waals surface area contributed by atoms with Crippen LogP contribution in [0.1, 0.15) is 28.4 Å². The van der Waals surface area contributed by atoms with Crippen LogP contribution in [0.2, 0.25) is 0 Å². The maximum absolute atomic E-state index is 11.4. The fourth-order valence-electron chi connectivity index (χ4n) is 2.49. The first kappa shape index (κ1) is 13.5. The van der Waals surface area contributed by atoms with Crippen LogP contribution in [-0.2, 0) is 0 Å². The molecular formula is C16H18N4O. The molecule has 1 amide bonds. The molecule has 0 radical (unpaired) electrons. The van der Waals surface area contributed by atoms with Gasteiger partial charge in [0.2, 0.25) is 0 Å². The summed E-state index contributed by atoms with van der Waals surface area (Å²) in [4.78, 5) is 11.4. The number of anilines is 1. The monoisotopic (exact) mass is 282 g/mol. The predicted octanol–water partition coefficient (Wildman–Crippen LogP) is 2.05. The number of aromatic nitrogens is 2. The Morgan fingerprint density at radius 2 is 2.00 bits per heavy atom. The van der Waals surface area contributed by atoms with Gasteiger partial charge in [0, 0.05) is 13.6 Å². The lowest BCUT2D eigenvalue weighted by Crippen LogP contribution is -2.20. The average molecular weight is 282 g/mol. The van der Waals surface area contributed by atoms with Crippen molar-refractivity contribution in [1.82, 2.24) is 15.5 Å². The fourth-order valence-corrected chi connectivity index (χ4v) is 2.49. The summed E-state index contributed by atoms with van der Waals surface area (Å²) in [6, 6.07) is 14.0. The van der Waals surface area contributed by atoms with E-state index in [1.165, 1.54) is 12.0 Å². The number of carbonyl (C=O) groups excluding carboxylic acids is 1. The lowest BCUT2D eigenvalue weighted by molar-refractivity contribution is 0.0957. The zero-order valence-corrected chi connectivity index (χ0v) is 11.9. The normalized spacial score (nSPS) is 19.9. The number of nitrogens with zero attached hydrogens (tertiary/aromatic N) is 2. The molecule has 1 aliphatic rings. The van der Waals surface area contributed by atoms with Crippen molar-refractivity contribution in [3.8, 4) is 0 Å². The van der Waals surface area contributed by atoms with Gasteiger partial charge in [-0.3, -0.25) is 4.79 Å².